The van der Waals surface area contributed by atoms with E-state index in [0.29, 0.717) is 104 Å². The lowest BCUT2D eigenvalue weighted by Crippen LogP contribution is -2.57. The summed E-state index contributed by atoms with van der Waals surface area (Å²) < 4.78 is 33.4. The number of piperidine rings is 1. The summed E-state index contributed by atoms with van der Waals surface area (Å²) in [6.45, 7) is 4.12. The number of aromatic nitrogens is 2. The maximum Gasteiger partial charge on any atom is 0.264 e. The number of hydrogen-bond acceptors (Lipinski definition) is 11. The molecular weight excluding hydrogens is 865 g/mol. The number of rotatable bonds is 15. The van der Waals surface area contributed by atoms with E-state index in [9.17, 15) is 37.9 Å². The number of nitrogens with zero attached hydrogens (tertiary/aromatic N) is 4. The van der Waals surface area contributed by atoms with Gasteiger partial charge in [-0.3, -0.25) is 34.0 Å². The number of aliphatic hydroxyl groups excluding tert-OH is 1. The highest BCUT2D eigenvalue weighted by Crippen LogP contribution is 2.34. The quantitative estimate of drug-likeness (QED) is 0.0549. The molecule has 2 atom stereocenters. The summed E-state index contributed by atoms with van der Waals surface area (Å²) in [5.41, 5.74) is 5.08. The molecule has 1 aromatic heterocycles. The molecule has 0 saturated carbocycles. The van der Waals surface area contributed by atoms with Crippen LogP contribution >= 0.6 is 0 Å². The van der Waals surface area contributed by atoms with E-state index in [4.69, 9.17) is 4.74 Å². The van der Waals surface area contributed by atoms with E-state index >= 15 is 0 Å². The minimum atomic E-state index is -1.32. The summed E-state index contributed by atoms with van der Waals surface area (Å²) in [5, 5.41) is 30.7. The molecular formula is C49H53F2N9O7. The molecule has 0 aliphatic carbocycles. The summed E-state index contributed by atoms with van der Waals surface area (Å²) in [7, 11) is 0. The van der Waals surface area contributed by atoms with Gasteiger partial charge in [-0.05, 0) is 104 Å². The van der Waals surface area contributed by atoms with Crippen molar-refractivity contribution in [3.8, 4) is 0 Å². The van der Waals surface area contributed by atoms with Crippen molar-refractivity contribution >= 4 is 63.3 Å². The van der Waals surface area contributed by atoms with Crippen LogP contribution in [0.2, 0.25) is 0 Å². The molecule has 3 fully saturated rings. The number of ether oxygens (including phenoxy) is 1. The van der Waals surface area contributed by atoms with E-state index in [-0.39, 0.29) is 47.7 Å². The van der Waals surface area contributed by atoms with Crippen LogP contribution in [0.25, 0.3) is 10.9 Å². The number of anilines is 4. The highest BCUT2D eigenvalue weighted by molar-refractivity contribution is 6.24. The molecule has 0 bridgehead atoms. The van der Waals surface area contributed by atoms with Gasteiger partial charge >= 0.3 is 0 Å². The number of carbonyl (C=O) groups excluding carboxylic acids is 5. The molecule has 16 nitrogen and oxygen atoms in total. The molecule has 0 spiro atoms. The highest BCUT2D eigenvalue weighted by atomic mass is 19.1. The Balaban J connectivity index is 0.771. The Hall–Kier alpha value is -6.92. The molecule has 3 saturated heterocycles. The zero-order valence-corrected chi connectivity index (χ0v) is 36.9. The molecule has 9 rings (SSSR count). The topological polar surface area (TPSA) is 201 Å². The number of aliphatic hydroxyl groups is 1. The summed E-state index contributed by atoms with van der Waals surface area (Å²) >= 11 is 0. The highest BCUT2D eigenvalue weighted by Gasteiger charge is 2.45. The number of fused-ring (bicyclic) bond motifs is 2. The minimum absolute atomic E-state index is 0.0912. The maximum absolute atomic E-state index is 14.0. The normalized spacial score (nSPS) is 18.9. The molecule has 67 heavy (non-hydrogen) atoms. The number of halogens is 2. The van der Waals surface area contributed by atoms with Crippen LogP contribution in [0, 0.1) is 11.6 Å². The zero-order valence-electron chi connectivity index (χ0n) is 36.9. The van der Waals surface area contributed by atoms with Crippen molar-refractivity contribution in [3.63, 3.8) is 0 Å². The largest absolute Gasteiger partial charge is 0.384 e. The Morgan fingerprint density at radius 3 is 2.40 bits per heavy atom. The predicted octanol–water partition coefficient (Wildman–Crippen LogP) is 5.79. The van der Waals surface area contributed by atoms with Crippen molar-refractivity contribution in [2.24, 2.45) is 0 Å². The summed E-state index contributed by atoms with van der Waals surface area (Å²) in [4.78, 5) is 70.8. The fourth-order valence-corrected chi connectivity index (χ4v) is 9.46. The summed E-state index contributed by atoms with van der Waals surface area (Å²) in [6, 6.07) is 19.0. The van der Waals surface area contributed by atoms with Crippen molar-refractivity contribution in [3.05, 3.63) is 112 Å². The number of amides is 5. The number of carbonyl (C=O) groups is 5. The van der Waals surface area contributed by atoms with Crippen molar-refractivity contribution in [2.45, 2.75) is 76.1 Å². The molecule has 2 unspecified atom stereocenters. The Morgan fingerprint density at radius 1 is 0.836 bits per heavy atom. The smallest absolute Gasteiger partial charge is 0.264 e. The average molecular weight is 918 g/mol. The van der Waals surface area contributed by atoms with Gasteiger partial charge in [0.15, 0.2) is 5.82 Å². The Labute approximate surface area is 385 Å². The van der Waals surface area contributed by atoms with Gasteiger partial charge in [0.25, 0.3) is 17.7 Å². The second-order valence-electron chi connectivity index (χ2n) is 17.6. The van der Waals surface area contributed by atoms with Gasteiger partial charge in [0.2, 0.25) is 11.8 Å². The SMILES string of the molecule is O=C1CCC(N2C(=O)c3cccc(NCCCCCC(=O)N4CCN(c5ccc(C(=O)Nc6n[nH]c7ccc(Cc8cc(F)cc(F)c8)cc67)c(NC6CCOCC6)c5)CC4)c3C2=O)C(O)N1. The number of nitrogens with one attached hydrogen (secondary N) is 5. The van der Waals surface area contributed by atoms with Crippen LogP contribution < -0.4 is 26.2 Å². The van der Waals surface area contributed by atoms with Crippen LogP contribution in [0.1, 0.15) is 93.6 Å². The first-order valence-corrected chi connectivity index (χ1v) is 23.0. The average Bonchev–Trinajstić information content (AvgIpc) is 3.83. The van der Waals surface area contributed by atoms with E-state index in [1.54, 1.807) is 24.3 Å². The molecule has 5 heterocycles. The Kier molecular flexibility index (Phi) is 13.4. The second-order valence-corrected chi connectivity index (χ2v) is 17.6. The van der Waals surface area contributed by atoms with Gasteiger partial charge in [-0.2, -0.15) is 5.10 Å². The van der Waals surface area contributed by atoms with Gasteiger partial charge < -0.3 is 40.9 Å². The Morgan fingerprint density at radius 2 is 1.63 bits per heavy atom. The third kappa shape index (κ3) is 10.1. The lowest BCUT2D eigenvalue weighted by Gasteiger charge is -2.36. The molecule has 6 N–H and O–H groups in total. The fraction of sp³-hybridized carbons (Fsp3) is 0.388. The molecule has 5 amide bonds. The van der Waals surface area contributed by atoms with Gasteiger partial charge in [-0.25, -0.2) is 8.78 Å². The predicted molar refractivity (Wildman–Crippen MR) is 247 cm³/mol. The van der Waals surface area contributed by atoms with E-state index in [0.717, 1.165) is 47.9 Å². The number of unbranched alkanes of at least 4 members (excludes halogenated alkanes) is 2. The van der Waals surface area contributed by atoms with Gasteiger partial charge in [-0.1, -0.05) is 18.6 Å². The molecule has 350 valence electrons. The van der Waals surface area contributed by atoms with Crippen molar-refractivity contribution < 1.29 is 42.6 Å². The third-order valence-corrected chi connectivity index (χ3v) is 13.0. The van der Waals surface area contributed by atoms with Crippen molar-refractivity contribution in [1.29, 1.82) is 0 Å². The lowest BCUT2D eigenvalue weighted by atomic mass is 10.0. The van der Waals surface area contributed by atoms with E-state index in [1.165, 1.54) is 12.1 Å². The van der Waals surface area contributed by atoms with Gasteiger partial charge in [-0.15, -0.1) is 0 Å². The number of hydrogen-bond donors (Lipinski definition) is 6. The zero-order chi connectivity index (χ0) is 46.6. The van der Waals surface area contributed by atoms with E-state index < -0.39 is 35.7 Å². The molecule has 4 aliphatic heterocycles. The van der Waals surface area contributed by atoms with Crippen LogP contribution in [0.4, 0.5) is 31.7 Å². The lowest BCUT2D eigenvalue weighted by molar-refractivity contribution is -0.131. The second kappa shape index (κ2) is 19.9. The maximum atomic E-state index is 14.0. The number of H-pyrrole nitrogens is 1. The molecule has 0 radical (unpaired) electrons. The summed E-state index contributed by atoms with van der Waals surface area (Å²) in [6.07, 6.45) is 3.46. The third-order valence-electron chi connectivity index (χ3n) is 13.0. The number of aromatic amines is 1. The van der Waals surface area contributed by atoms with E-state index in [1.807, 2.05) is 35.2 Å². The molecule has 18 heteroatoms. The van der Waals surface area contributed by atoms with Crippen LogP contribution in [0.15, 0.2) is 72.8 Å². The summed E-state index contributed by atoms with van der Waals surface area (Å²) in [5.74, 6) is -2.54. The van der Waals surface area contributed by atoms with Gasteiger partial charge in [0, 0.05) is 93.3 Å². The fourth-order valence-electron chi connectivity index (χ4n) is 9.46. The first-order chi connectivity index (χ1) is 32.5. The number of piperazine rings is 1. The van der Waals surface area contributed by atoms with Crippen LogP contribution in [-0.4, -0.2) is 119 Å². The monoisotopic (exact) mass is 917 g/mol. The van der Waals surface area contributed by atoms with E-state index in [2.05, 4.69) is 36.4 Å². The number of benzene rings is 4. The first-order valence-electron chi connectivity index (χ1n) is 23.0. The standard InChI is InChI=1S/C49H53F2N9O7/c50-31-24-30(25-32(51)27-31)23-29-8-11-38-37(26-29)45(57-56-38)55-46(63)35-10-9-34(28-40(35)53-33-14-21-67-22-15-33)58-17-19-59(20-18-58)43(62)7-2-1-3-16-52-39-6-4-5-36-44(39)49(66)60(48(36)65)41-12-13-42(61)54-47(41)64/h4-6,8-11,24-28,33,41,47,52-53,64H,1-3,7,12-23H2,(H,54,61)(H2,55,56,57,63). The first kappa shape index (κ1) is 45.2. The van der Waals surface area contributed by atoms with Crippen molar-refractivity contribution in [2.75, 3.05) is 66.8 Å². The van der Waals surface area contributed by atoms with Gasteiger partial charge in [0.05, 0.1) is 28.2 Å². The molecule has 4 aliphatic rings. The molecule has 4 aromatic carbocycles. The Bertz CT molecular complexity index is 2680. The van der Waals surface area contributed by atoms with Gasteiger partial charge in [0.1, 0.15) is 17.9 Å². The van der Waals surface area contributed by atoms with Crippen LogP contribution in [0.5, 0.6) is 0 Å². The molecule has 5 aromatic rings. The number of imide groups is 1. The minimum Gasteiger partial charge on any atom is -0.384 e. The van der Waals surface area contributed by atoms with Crippen LogP contribution in [-0.2, 0) is 20.7 Å². The van der Waals surface area contributed by atoms with Crippen LogP contribution in [0.3, 0.4) is 0 Å². The van der Waals surface area contributed by atoms with Crippen molar-refractivity contribution in [1.82, 2.24) is 25.3 Å².